The van der Waals surface area contributed by atoms with Gasteiger partial charge in [-0.2, -0.15) is 0 Å². The van der Waals surface area contributed by atoms with E-state index in [1.807, 2.05) is 0 Å². The summed E-state index contributed by atoms with van der Waals surface area (Å²) in [5, 5.41) is 0. The van der Waals surface area contributed by atoms with E-state index in [2.05, 4.69) is 249 Å². The summed E-state index contributed by atoms with van der Waals surface area (Å²) in [6.45, 7) is 20.8. The van der Waals surface area contributed by atoms with E-state index >= 15 is 0 Å². The van der Waals surface area contributed by atoms with Crippen LogP contribution in [0.3, 0.4) is 0 Å². The average Bonchev–Trinajstić information content (AvgIpc) is 3.59. The SMILES string of the molecule is CCCCCCC1(CCCCCC)c2cc(-c3ccc(N(C)c4ccc(C(C)C)cc4)cc3)ccc2-c2ccc(-c3ccc(N(c4ccc(C(C)C)cc4)c4ccc5c(c4)C(CCCCCC)(CCCCCC)c4cc(C)ccc4-5)cc3)cc21. The van der Waals surface area contributed by atoms with Gasteiger partial charge in [-0.1, -0.05) is 261 Å². The third-order valence-electron chi connectivity index (χ3n) is 19.8. The first-order chi connectivity index (χ1) is 40.9. The van der Waals surface area contributed by atoms with Crippen LogP contribution < -0.4 is 9.80 Å². The highest BCUT2D eigenvalue weighted by atomic mass is 15.1. The summed E-state index contributed by atoms with van der Waals surface area (Å²) in [5.74, 6) is 0.987. The van der Waals surface area contributed by atoms with Crippen molar-refractivity contribution in [3.8, 4) is 44.5 Å². The van der Waals surface area contributed by atoms with E-state index < -0.39 is 0 Å². The van der Waals surface area contributed by atoms with E-state index in [9.17, 15) is 0 Å². The van der Waals surface area contributed by atoms with E-state index in [0.717, 1.165) is 0 Å². The molecule has 0 atom stereocenters. The molecule has 2 aliphatic carbocycles. The summed E-state index contributed by atoms with van der Waals surface area (Å²) >= 11 is 0. The summed E-state index contributed by atoms with van der Waals surface area (Å²) in [6.07, 6.45) is 25.1. The van der Waals surface area contributed by atoms with Gasteiger partial charge in [0.2, 0.25) is 0 Å². The maximum absolute atomic E-state index is 2.63. The lowest BCUT2D eigenvalue weighted by Crippen LogP contribution is -2.26. The molecule has 0 spiro atoms. The number of anilines is 5. The molecule has 10 rings (SSSR count). The standard InChI is InChI=1S/C82H100N2/c1-11-15-19-23-51-81(52-24-20-16-12-2)77-55-61(9)27-47-73(77)76-50-46-72(58-80(76)81)84(70-42-30-63(31-43-70)60(7)8)71-44-34-65(35-45-71)67-37-49-75-74-48-36-66(64-32-40-69(41-33-64)83(10)68-38-28-62(29-39-68)59(5)6)56-78(74)82(79(75)57-67,53-25-21-17-13-3)54-26-22-18-14-4/h27-50,55-60H,11-26,51-54H2,1-10H3. The minimum Gasteiger partial charge on any atom is -0.345 e. The van der Waals surface area contributed by atoms with E-state index in [0.29, 0.717) is 11.8 Å². The number of unbranched alkanes of at least 4 members (excludes halogenated alkanes) is 12. The van der Waals surface area contributed by atoms with Crippen LogP contribution in [0.5, 0.6) is 0 Å². The Kier molecular flexibility index (Phi) is 19.9. The van der Waals surface area contributed by atoms with Gasteiger partial charge >= 0.3 is 0 Å². The molecule has 0 saturated heterocycles. The Bertz CT molecular complexity index is 3390. The molecular weight excluding hydrogens is 1010 g/mol. The molecule has 438 valence electrons. The van der Waals surface area contributed by atoms with Gasteiger partial charge in [-0.3, -0.25) is 0 Å². The Balaban J connectivity index is 1.03. The molecule has 0 fully saturated rings. The quantitative estimate of drug-likeness (QED) is 0.0431. The molecule has 0 aromatic heterocycles. The second-order valence-electron chi connectivity index (χ2n) is 26.2. The Morgan fingerprint density at radius 3 is 1.01 bits per heavy atom. The molecule has 8 aromatic rings. The van der Waals surface area contributed by atoms with Gasteiger partial charge in [0, 0.05) is 46.3 Å². The van der Waals surface area contributed by atoms with Crippen molar-refractivity contribution in [2.24, 2.45) is 0 Å². The Morgan fingerprint density at radius 2 is 0.619 bits per heavy atom. The minimum atomic E-state index is -0.0491. The first kappa shape index (κ1) is 60.5. The molecule has 2 nitrogen and oxygen atoms in total. The van der Waals surface area contributed by atoms with Gasteiger partial charge in [0.1, 0.15) is 0 Å². The molecule has 0 heterocycles. The fourth-order valence-corrected chi connectivity index (χ4v) is 14.7. The van der Waals surface area contributed by atoms with Crippen molar-refractivity contribution in [3.63, 3.8) is 0 Å². The maximum Gasteiger partial charge on any atom is 0.0465 e. The molecule has 0 aliphatic heterocycles. The summed E-state index contributed by atoms with van der Waals surface area (Å²) in [5.41, 5.74) is 27.3. The van der Waals surface area contributed by atoms with E-state index in [1.54, 1.807) is 16.7 Å². The van der Waals surface area contributed by atoms with Crippen molar-refractivity contribution < 1.29 is 0 Å². The fourth-order valence-electron chi connectivity index (χ4n) is 14.7. The molecule has 0 saturated carbocycles. The van der Waals surface area contributed by atoms with Gasteiger partial charge < -0.3 is 9.80 Å². The predicted octanol–water partition coefficient (Wildman–Crippen LogP) is 25.2. The first-order valence-electron chi connectivity index (χ1n) is 33.4. The summed E-state index contributed by atoms with van der Waals surface area (Å²) in [7, 11) is 2.19. The molecule has 2 aliphatic rings. The van der Waals surface area contributed by atoms with E-state index in [4.69, 9.17) is 0 Å². The average molecular weight is 1110 g/mol. The molecule has 0 N–H and O–H groups in total. The highest BCUT2D eigenvalue weighted by Gasteiger charge is 2.44. The smallest absolute Gasteiger partial charge is 0.0465 e. The van der Waals surface area contributed by atoms with Crippen LogP contribution in [-0.4, -0.2) is 7.05 Å². The van der Waals surface area contributed by atoms with Gasteiger partial charge in [-0.15, -0.1) is 0 Å². The monoisotopic (exact) mass is 1110 g/mol. The second kappa shape index (κ2) is 27.6. The Morgan fingerprint density at radius 1 is 0.310 bits per heavy atom. The number of fused-ring (bicyclic) bond motifs is 6. The number of aryl methyl sites for hydroxylation is 1. The lowest BCUT2D eigenvalue weighted by Gasteiger charge is -2.34. The maximum atomic E-state index is 2.63. The highest BCUT2D eigenvalue weighted by Crippen LogP contribution is 2.58. The van der Waals surface area contributed by atoms with Crippen LogP contribution in [-0.2, 0) is 10.8 Å². The van der Waals surface area contributed by atoms with Crippen LogP contribution in [0.1, 0.15) is 235 Å². The van der Waals surface area contributed by atoms with Crippen molar-refractivity contribution in [2.75, 3.05) is 16.8 Å². The molecule has 2 heteroatoms. The van der Waals surface area contributed by atoms with Crippen LogP contribution in [0, 0.1) is 6.92 Å². The molecular formula is C82H100N2. The lowest BCUT2D eigenvalue weighted by molar-refractivity contribution is 0.401. The number of hydrogen-bond donors (Lipinski definition) is 0. The largest absolute Gasteiger partial charge is 0.345 e. The zero-order valence-corrected chi connectivity index (χ0v) is 53.4. The molecule has 0 unspecified atom stereocenters. The third-order valence-corrected chi connectivity index (χ3v) is 19.8. The zero-order valence-electron chi connectivity index (χ0n) is 53.4. The summed E-state index contributed by atoms with van der Waals surface area (Å²) < 4.78 is 0. The third kappa shape index (κ3) is 12.7. The topological polar surface area (TPSA) is 6.48 Å². The number of hydrogen-bond acceptors (Lipinski definition) is 2. The summed E-state index contributed by atoms with van der Waals surface area (Å²) in [4.78, 5) is 4.86. The van der Waals surface area contributed by atoms with Crippen LogP contribution in [0.15, 0.2) is 170 Å². The Hall–Kier alpha value is -6.64. The molecule has 84 heavy (non-hydrogen) atoms. The van der Waals surface area contributed by atoms with E-state index in [-0.39, 0.29) is 10.8 Å². The van der Waals surface area contributed by atoms with Crippen molar-refractivity contribution in [1.82, 2.24) is 0 Å². The van der Waals surface area contributed by atoms with Gasteiger partial charge in [-0.05, 0) is 195 Å². The van der Waals surface area contributed by atoms with Gasteiger partial charge in [0.15, 0.2) is 0 Å². The lowest BCUT2D eigenvalue weighted by atomic mass is 9.70. The Labute approximate surface area is 509 Å². The van der Waals surface area contributed by atoms with Gasteiger partial charge in [0.25, 0.3) is 0 Å². The molecule has 0 radical (unpaired) electrons. The van der Waals surface area contributed by atoms with Crippen LogP contribution >= 0.6 is 0 Å². The number of nitrogens with zero attached hydrogens (tertiary/aromatic N) is 2. The van der Waals surface area contributed by atoms with Crippen molar-refractivity contribution in [3.05, 3.63) is 209 Å². The van der Waals surface area contributed by atoms with Crippen LogP contribution in [0.2, 0.25) is 0 Å². The first-order valence-corrected chi connectivity index (χ1v) is 33.4. The minimum absolute atomic E-state index is 0.00507. The van der Waals surface area contributed by atoms with E-state index in [1.165, 1.54) is 224 Å². The number of benzene rings is 8. The van der Waals surface area contributed by atoms with Crippen molar-refractivity contribution >= 4 is 28.4 Å². The zero-order chi connectivity index (χ0) is 58.8. The van der Waals surface area contributed by atoms with Crippen LogP contribution in [0.4, 0.5) is 28.4 Å². The molecule has 0 amide bonds. The van der Waals surface area contributed by atoms with Gasteiger partial charge in [0.05, 0.1) is 0 Å². The van der Waals surface area contributed by atoms with Gasteiger partial charge in [-0.25, -0.2) is 0 Å². The molecule has 8 aromatic carbocycles. The molecule has 0 bridgehead atoms. The fraction of sp³-hybridized carbons (Fsp3) is 0.415. The second-order valence-corrected chi connectivity index (χ2v) is 26.2. The van der Waals surface area contributed by atoms with Crippen LogP contribution in [0.25, 0.3) is 44.5 Å². The highest BCUT2D eigenvalue weighted by molar-refractivity contribution is 5.89. The summed E-state index contributed by atoms with van der Waals surface area (Å²) in [6, 6.07) is 67.3. The predicted molar refractivity (Wildman–Crippen MR) is 367 cm³/mol. The normalized spacial score (nSPS) is 13.5. The van der Waals surface area contributed by atoms with Crippen molar-refractivity contribution in [1.29, 1.82) is 0 Å². The van der Waals surface area contributed by atoms with Crippen molar-refractivity contribution in [2.45, 2.75) is 213 Å². The number of rotatable bonds is 29.